The van der Waals surface area contributed by atoms with E-state index >= 15 is 0 Å². The van der Waals surface area contributed by atoms with Crippen molar-refractivity contribution in [2.24, 2.45) is 0 Å². The number of aromatic carboxylic acids is 1. The predicted octanol–water partition coefficient (Wildman–Crippen LogP) is 2.08. The zero-order chi connectivity index (χ0) is 13.8. The Morgan fingerprint density at radius 1 is 1.16 bits per heavy atom. The maximum Gasteiger partial charge on any atom is 0.335 e. The van der Waals surface area contributed by atoms with Crippen molar-refractivity contribution in [1.29, 1.82) is 0 Å². The van der Waals surface area contributed by atoms with Crippen LogP contribution in [0.15, 0.2) is 36.9 Å². The van der Waals surface area contributed by atoms with Gasteiger partial charge in [0.05, 0.1) is 21.8 Å². The average Bonchev–Trinajstić information content (AvgIpc) is 2.41. The van der Waals surface area contributed by atoms with Gasteiger partial charge in [-0.2, -0.15) is 0 Å². The van der Waals surface area contributed by atoms with Gasteiger partial charge in [-0.25, -0.2) is 14.8 Å². The maximum atomic E-state index is 11.8. The highest BCUT2D eigenvalue weighted by molar-refractivity contribution is 6.34. The van der Waals surface area contributed by atoms with Gasteiger partial charge in [0, 0.05) is 12.4 Å². The number of anilines is 1. The van der Waals surface area contributed by atoms with E-state index in [9.17, 15) is 9.59 Å². The fourth-order valence-electron chi connectivity index (χ4n) is 1.36. The molecule has 2 N–H and O–H groups in total. The minimum absolute atomic E-state index is 0.0473. The largest absolute Gasteiger partial charge is 0.478 e. The number of amides is 1. The van der Waals surface area contributed by atoms with Crippen molar-refractivity contribution in [2.75, 3.05) is 5.32 Å². The minimum atomic E-state index is -1.09. The molecule has 0 fully saturated rings. The molecule has 0 radical (unpaired) electrons. The molecule has 1 aromatic heterocycles. The lowest BCUT2D eigenvalue weighted by atomic mass is 10.2. The molecule has 6 nitrogen and oxygen atoms in total. The summed E-state index contributed by atoms with van der Waals surface area (Å²) < 4.78 is 0. The van der Waals surface area contributed by atoms with Crippen LogP contribution < -0.4 is 5.32 Å². The summed E-state index contributed by atoms with van der Waals surface area (Å²) >= 11 is 5.90. The number of nitrogens with one attached hydrogen (secondary N) is 1. The number of halogens is 1. The van der Waals surface area contributed by atoms with E-state index in [0.29, 0.717) is 5.69 Å². The number of nitrogens with zero attached hydrogens (tertiary/aromatic N) is 2. The number of rotatable bonds is 3. The quantitative estimate of drug-likeness (QED) is 0.896. The molecule has 0 atom stereocenters. The standard InChI is InChI=1S/C12H8ClN3O3/c13-9-3-7(12(18)19)1-2-10(9)16-11(17)8-4-14-6-15-5-8/h1-6H,(H,16,17)(H,18,19). The van der Waals surface area contributed by atoms with Crippen molar-refractivity contribution in [1.82, 2.24) is 9.97 Å². The highest BCUT2D eigenvalue weighted by Gasteiger charge is 2.11. The minimum Gasteiger partial charge on any atom is -0.478 e. The Morgan fingerprint density at radius 3 is 2.42 bits per heavy atom. The van der Waals surface area contributed by atoms with Gasteiger partial charge in [-0.15, -0.1) is 0 Å². The summed E-state index contributed by atoms with van der Waals surface area (Å²) in [6.45, 7) is 0. The fourth-order valence-corrected chi connectivity index (χ4v) is 1.59. The summed E-state index contributed by atoms with van der Waals surface area (Å²) in [4.78, 5) is 30.0. The highest BCUT2D eigenvalue weighted by atomic mass is 35.5. The lowest BCUT2D eigenvalue weighted by Crippen LogP contribution is -2.13. The molecule has 0 unspecified atom stereocenters. The molecule has 0 aliphatic rings. The Labute approximate surface area is 113 Å². The Balaban J connectivity index is 2.20. The predicted molar refractivity (Wildman–Crippen MR) is 68.4 cm³/mol. The maximum absolute atomic E-state index is 11.8. The second kappa shape index (κ2) is 5.45. The van der Waals surface area contributed by atoms with E-state index in [0.717, 1.165) is 0 Å². The van der Waals surface area contributed by atoms with Crippen LogP contribution in [0.3, 0.4) is 0 Å². The number of carbonyl (C=O) groups excluding carboxylic acids is 1. The first-order valence-corrected chi connectivity index (χ1v) is 5.55. The van der Waals surface area contributed by atoms with Gasteiger partial charge in [0.2, 0.25) is 0 Å². The fraction of sp³-hybridized carbons (Fsp3) is 0. The molecule has 0 saturated carbocycles. The van der Waals surface area contributed by atoms with Crippen LogP contribution >= 0.6 is 11.6 Å². The van der Waals surface area contributed by atoms with Crippen LogP contribution in [0.25, 0.3) is 0 Å². The molecule has 0 spiro atoms. The molecule has 19 heavy (non-hydrogen) atoms. The molecular formula is C12H8ClN3O3. The number of carboxylic acid groups (broad SMARTS) is 1. The molecule has 1 heterocycles. The molecule has 0 aliphatic heterocycles. The topological polar surface area (TPSA) is 92.2 Å². The van der Waals surface area contributed by atoms with Crippen molar-refractivity contribution in [3.63, 3.8) is 0 Å². The Morgan fingerprint density at radius 2 is 1.84 bits per heavy atom. The molecule has 96 valence electrons. The third-order valence-electron chi connectivity index (χ3n) is 2.29. The third-order valence-corrected chi connectivity index (χ3v) is 2.60. The zero-order valence-corrected chi connectivity index (χ0v) is 10.3. The smallest absolute Gasteiger partial charge is 0.335 e. The van der Waals surface area contributed by atoms with E-state index in [4.69, 9.17) is 16.7 Å². The molecule has 0 bridgehead atoms. The van der Waals surface area contributed by atoms with Crippen LogP contribution in [0.1, 0.15) is 20.7 Å². The van der Waals surface area contributed by atoms with Gasteiger partial charge < -0.3 is 10.4 Å². The number of hydrogen-bond donors (Lipinski definition) is 2. The van der Waals surface area contributed by atoms with E-state index in [2.05, 4.69) is 15.3 Å². The molecule has 2 rings (SSSR count). The first-order valence-electron chi connectivity index (χ1n) is 5.17. The van der Waals surface area contributed by atoms with Crippen LogP contribution in [-0.2, 0) is 0 Å². The van der Waals surface area contributed by atoms with Gasteiger partial charge in [-0.1, -0.05) is 11.6 Å². The van der Waals surface area contributed by atoms with Crippen molar-refractivity contribution in [2.45, 2.75) is 0 Å². The molecule has 1 aromatic carbocycles. The van der Waals surface area contributed by atoms with Gasteiger partial charge in [0.15, 0.2) is 0 Å². The van der Waals surface area contributed by atoms with Crippen LogP contribution in [0.2, 0.25) is 5.02 Å². The molecule has 0 aliphatic carbocycles. The van der Waals surface area contributed by atoms with E-state index < -0.39 is 11.9 Å². The van der Waals surface area contributed by atoms with Crippen molar-refractivity contribution in [3.05, 3.63) is 53.1 Å². The second-order valence-corrected chi connectivity index (χ2v) is 3.99. The summed E-state index contributed by atoms with van der Waals surface area (Å²) in [5.74, 6) is -1.51. The number of aromatic nitrogens is 2. The van der Waals surface area contributed by atoms with Gasteiger partial charge in [-0.3, -0.25) is 4.79 Å². The average molecular weight is 278 g/mol. The third kappa shape index (κ3) is 3.05. The normalized spacial score (nSPS) is 9.95. The molecule has 7 heteroatoms. The first-order chi connectivity index (χ1) is 9.08. The van der Waals surface area contributed by atoms with Gasteiger partial charge in [0.1, 0.15) is 6.33 Å². The van der Waals surface area contributed by atoms with Crippen molar-refractivity contribution < 1.29 is 14.7 Å². The summed E-state index contributed by atoms with van der Waals surface area (Å²) in [6.07, 6.45) is 4.04. The number of hydrogen-bond acceptors (Lipinski definition) is 4. The summed E-state index contributed by atoms with van der Waals surface area (Å²) in [5, 5.41) is 11.5. The van der Waals surface area contributed by atoms with Crippen molar-refractivity contribution in [3.8, 4) is 0 Å². The van der Waals surface area contributed by atoms with Crippen LogP contribution in [-0.4, -0.2) is 27.0 Å². The molecule has 2 aromatic rings. The number of benzene rings is 1. The van der Waals surface area contributed by atoms with E-state index in [-0.39, 0.29) is 16.1 Å². The van der Waals surface area contributed by atoms with E-state index in [1.54, 1.807) is 0 Å². The Hall–Kier alpha value is -2.47. The van der Waals surface area contributed by atoms with E-state index in [1.165, 1.54) is 36.9 Å². The molecular weight excluding hydrogens is 270 g/mol. The highest BCUT2D eigenvalue weighted by Crippen LogP contribution is 2.23. The van der Waals surface area contributed by atoms with Crippen molar-refractivity contribution >= 4 is 29.2 Å². The van der Waals surface area contributed by atoms with E-state index in [1.807, 2.05) is 0 Å². The molecule has 0 saturated heterocycles. The zero-order valence-electron chi connectivity index (χ0n) is 9.50. The lowest BCUT2D eigenvalue weighted by Gasteiger charge is -2.07. The van der Waals surface area contributed by atoms with Crippen LogP contribution in [0, 0.1) is 0 Å². The van der Waals surface area contributed by atoms with Gasteiger partial charge in [0.25, 0.3) is 5.91 Å². The Bertz CT molecular complexity index is 631. The SMILES string of the molecule is O=C(O)c1ccc(NC(=O)c2cncnc2)c(Cl)c1. The summed E-state index contributed by atoms with van der Waals surface area (Å²) in [6, 6.07) is 4.04. The second-order valence-electron chi connectivity index (χ2n) is 3.58. The van der Waals surface area contributed by atoms with Gasteiger partial charge >= 0.3 is 5.97 Å². The number of carboxylic acids is 1. The van der Waals surface area contributed by atoms with Crippen LogP contribution in [0.5, 0.6) is 0 Å². The van der Waals surface area contributed by atoms with Gasteiger partial charge in [-0.05, 0) is 18.2 Å². The lowest BCUT2D eigenvalue weighted by molar-refractivity contribution is 0.0696. The molecule has 1 amide bonds. The summed E-state index contributed by atoms with van der Waals surface area (Å²) in [5.41, 5.74) is 0.646. The Kier molecular flexibility index (Phi) is 3.72. The van der Waals surface area contributed by atoms with Crippen LogP contribution in [0.4, 0.5) is 5.69 Å². The number of carbonyl (C=O) groups is 2. The first kappa shape index (κ1) is 13.0. The summed E-state index contributed by atoms with van der Waals surface area (Å²) in [7, 11) is 0. The monoisotopic (exact) mass is 277 g/mol.